The standard InChI is InChI=1S/C16H10Cl2F3NO2S/c1-8-2-13(25-14(8)7-23)12-6-15(24-22-12,16(19,20)21)9-3-10(17)5-11(18)4-9/h2-7,22H,1H3. The first-order valence-corrected chi connectivity index (χ1v) is 8.49. The summed E-state index contributed by atoms with van der Waals surface area (Å²) in [5.41, 5.74) is 0.130. The molecular formula is C16H10Cl2F3NO2S. The van der Waals surface area contributed by atoms with Gasteiger partial charge in [0.15, 0.2) is 6.29 Å². The van der Waals surface area contributed by atoms with Gasteiger partial charge in [0.1, 0.15) is 0 Å². The third-order valence-electron chi connectivity index (χ3n) is 3.71. The number of hydroxylamine groups is 1. The first-order valence-electron chi connectivity index (χ1n) is 6.92. The molecule has 1 aromatic heterocycles. The molecule has 1 N–H and O–H groups in total. The molecule has 0 saturated carbocycles. The first-order chi connectivity index (χ1) is 11.7. The van der Waals surface area contributed by atoms with Gasteiger partial charge in [-0.15, -0.1) is 11.3 Å². The number of hydrogen-bond donors (Lipinski definition) is 1. The molecule has 0 spiro atoms. The van der Waals surface area contributed by atoms with E-state index >= 15 is 0 Å². The molecule has 0 fully saturated rings. The van der Waals surface area contributed by atoms with Crippen LogP contribution in [0.3, 0.4) is 0 Å². The van der Waals surface area contributed by atoms with Crippen molar-refractivity contribution in [2.45, 2.75) is 18.7 Å². The molecule has 1 aliphatic rings. The Morgan fingerprint density at radius 3 is 2.36 bits per heavy atom. The molecule has 3 nitrogen and oxygen atoms in total. The number of thiophene rings is 1. The van der Waals surface area contributed by atoms with E-state index in [1.165, 1.54) is 6.07 Å². The van der Waals surface area contributed by atoms with Gasteiger partial charge in [-0.3, -0.25) is 15.1 Å². The van der Waals surface area contributed by atoms with Gasteiger partial charge in [-0.05, 0) is 42.8 Å². The van der Waals surface area contributed by atoms with Crippen molar-refractivity contribution in [3.05, 3.63) is 61.3 Å². The summed E-state index contributed by atoms with van der Waals surface area (Å²) in [6.07, 6.45) is -3.18. The van der Waals surface area contributed by atoms with E-state index in [0.717, 1.165) is 29.5 Å². The van der Waals surface area contributed by atoms with E-state index in [9.17, 15) is 18.0 Å². The van der Waals surface area contributed by atoms with Gasteiger partial charge in [0.05, 0.1) is 15.5 Å². The van der Waals surface area contributed by atoms with Crippen molar-refractivity contribution in [3.8, 4) is 0 Å². The number of carbonyl (C=O) groups is 1. The van der Waals surface area contributed by atoms with Crippen molar-refractivity contribution < 1.29 is 22.8 Å². The minimum absolute atomic E-state index is 0.0618. The lowest BCUT2D eigenvalue weighted by molar-refractivity contribution is -0.269. The van der Waals surface area contributed by atoms with Crippen LogP contribution in [-0.2, 0) is 10.4 Å². The fourth-order valence-corrected chi connectivity index (χ4v) is 3.96. The Balaban J connectivity index is 2.14. The van der Waals surface area contributed by atoms with Crippen LogP contribution < -0.4 is 5.48 Å². The molecule has 9 heteroatoms. The van der Waals surface area contributed by atoms with Crippen LogP contribution in [0.5, 0.6) is 0 Å². The van der Waals surface area contributed by atoms with Crippen LogP contribution in [0.25, 0.3) is 5.70 Å². The van der Waals surface area contributed by atoms with E-state index in [0.29, 0.717) is 21.6 Å². The summed E-state index contributed by atoms with van der Waals surface area (Å²) in [6, 6.07) is 5.26. The number of aryl methyl sites for hydroxylation is 1. The van der Waals surface area contributed by atoms with Gasteiger partial charge in [-0.25, -0.2) is 0 Å². The Kier molecular flexibility index (Phi) is 4.61. The third-order valence-corrected chi connectivity index (χ3v) is 5.34. The average Bonchev–Trinajstić information content (AvgIpc) is 3.10. The summed E-state index contributed by atoms with van der Waals surface area (Å²) >= 11 is 12.8. The highest BCUT2D eigenvalue weighted by Gasteiger charge is 2.59. The largest absolute Gasteiger partial charge is 0.428 e. The molecule has 25 heavy (non-hydrogen) atoms. The zero-order valence-corrected chi connectivity index (χ0v) is 14.9. The molecule has 3 rings (SSSR count). The molecule has 1 unspecified atom stereocenters. The summed E-state index contributed by atoms with van der Waals surface area (Å²) < 4.78 is 41.6. The summed E-state index contributed by atoms with van der Waals surface area (Å²) in [5.74, 6) is 0. The Labute approximate surface area is 155 Å². The second kappa shape index (κ2) is 6.32. The third kappa shape index (κ3) is 3.17. The van der Waals surface area contributed by atoms with Crippen molar-refractivity contribution in [2.75, 3.05) is 0 Å². The maximum Gasteiger partial charge on any atom is 0.428 e. The fraction of sp³-hybridized carbons (Fsp3) is 0.188. The molecule has 132 valence electrons. The smallest absolute Gasteiger partial charge is 0.297 e. The molecule has 0 saturated heterocycles. The number of carbonyl (C=O) groups excluding carboxylic acids is 1. The fourth-order valence-electron chi connectivity index (χ4n) is 2.48. The minimum Gasteiger partial charge on any atom is -0.297 e. The van der Waals surface area contributed by atoms with Crippen LogP contribution >= 0.6 is 34.5 Å². The normalized spacial score (nSPS) is 20.3. The minimum atomic E-state index is -4.77. The maximum absolute atomic E-state index is 13.9. The van der Waals surface area contributed by atoms with Gasteiger partial charge >= 0.3 is 6.18 Å². The first kappa shape index (κ1) is 18.3. The molecule has 1 aliphatic heterocycles. The number of nitrogens with one attached hydrogen (secondary N) is 1. The van der Waals surface area contributed by atoms with Crippen LogP contribution in [0.2, 0.25) is 10.0 Å². The van der Waals surface area contributed by atoms with E-state index in [4.69, 9.17) is 28.0 Å². The lowest BCUT2D eigenvalue weighted by atomic mass is 9.92. The van der Waals surface area contributed by atoms with Crippen LogP contribution in [0.15, 0.2) is 30.3 Å². The molecule has 0 amide bonds. The lowest BCUT2D eigenvalue weighted by Gasteiger charge is -2.28. The molecule has 1 atom stereocenters. The zero-order valence-electron chi connectivity index (χ0n) is 12.6. The number of hydrogen-bond acceptors (Lipinski definition) is 4. The van der Waals surface area contributed by atoms with Crippen molar-refractivity contribution in [1.29, 1.82) is 0 Å². The van der Waals surface area contributed by atoms with Gasteiger partial charge in [0, 0.05) is 15.6 Å². The second-order valence-electron chi connectivity index (χ2n) is 5.43. The number of benzene rings is 1. The highest BCUT2D eigenvalue weighted by atomic mass is 35.5. The lowest BCUT2D eigenvalue weighted by Crippen LogP contribution is -2.42. The van der Waals surface area contributed by atoms with E-state index in [1.807, 2.05) is 0 Å². The summed E-state index contributed by atoms with van der Waals surface area (Å²) in [6.45, 7) is 1.70. The maximum atomic E-state index is 13.9. The topological polar surface area (TPSA) is 38.3 Å². The predicted molar refractivity (Wildman–Crippen MR) is 90.8 cm³/mol. The number of alkyl halides is 3. The molecule has 2 aromatic rings. The molecule has 2 heterocycles. The van der Waals surface area contributed by atoms with Crippen LogP contribution in [0, 0.1) is 6.92 Å². The average molecular weight is 408 g/mol. The molecule has 0 aliphatic carbocycles. The Hall–Kier alpha value is -1.54. The van der Waals surface area contributed by atoms with Gasteiger partial charge in [0.25, 0.3) is 0 Å². The van der Waals surface area contributed by atoms with Crippen molar-refractivity contribution in [3.63, 3.8) is 0 Å². The Morgan fingerprint density at radius 1 is 1.20 bits per heavy atom. The zero-order chi connectivity index (χ0) is 18.4. The summed E-state index contributed by atoms with van der Waals surface area (Å²) in [5, 5.41) is 0.124. The Morgan fingerprint density at radius 2 is 1.84 bits per heavy atom. The van der Waals surface area contributed by atoms with Gasteiger partial charge < -0.3 is 0 Å². The van der Waals surface area contributed by atoms with Crippen LogP contribution in [-0.4, -0.2) is 12.5 Å². The summed E-state index contributed by atoms with van der Waals surface area (Å²) in [4.78, 5) is 16.8. The number of halogens is 5. The van der Waals surface area contributed by atoms with Crippen LogP contribution in [0.1, 0.15) is 25.7 Å². The van der Waals surface area contributed by atoms with Crippen molar-refractivity contribution in [2.24, 2.45) is 0 Å². The molecule has 0 bridgehead atoms. The van der Waals surface area contributed by atoms with Gasteiger partial charge in [-0.2, -0.15) is 13.2 Å². The SMILES string of the molecule is Cc1cc(C2=CC(c3cc(Cl)cc(Cl)c3)(C(F)(F)F)ON2)sc1C=O. The van der Waals surface area contributed by atoms with E-state index in [-0.39, 0.29) is 21.3 Å². The van der Waals surface area contributed by atoms with Gasteiger partial charge in [-0.1, -0.05) is 23.2 Å². The van der Waals surface area contributed by atoms with Crippen LogP contribution in [0.4, 0.5) is 13.2 Å². The van der Waals surface area contributed by atoms with Gasteiger partial charge in [0.2, 0.25) is 5.60 Å². The van der Waals surface area contributed by atoms with Crippen molar-refractivity contribution in [1.82, 2.24) is 5.48 Å². The molecule has 0 radical (unpaired) electrons. The Bertz CT molecular complexity index is 859. The van der Waals surface area contributed by atoms with E-state index in [2.05, 4.69) is 5.48 Å². The second-order valence-corrected chi connectivity index (χ2v) is 7.39. The predicted octanol–water partition coefficient (Wildman–Crippen LogP) is 5.51. The highest BCUT2D eigenvalue weighted by Crippen LogP contribution is 2.48. The highest BCUT2D eigenvalue weighted by molar-refractivity contribution is 7.14. The number of rotatable bonds is 3. The van der Waals surface area contributed by atoms with Crippen molar-refractivity contribution >= 4 is 46.5 Å². The monoisotopic (exact) mass is 407 g/mol. The quantitative estimate of drug-likeness (QED) is 0.681. The van der Waals surface area contributed by atoms with E-state index < -0.39 is 11.8 Å². The molecule has 1 aromatic carbocycles. The summed E-state index contributed by atoms with van der Waals surface area (Å²) in [7, 11) is 0. The molecular weight excluding hydrogens is 398 g/mol. The number of aldehydes is 1. The van der Waals surface area contributed by atoms with E-state index in [1.54, 1.807) is 13.0 Å².